The van der Waals surface area contributed by atoms with Crippen molar-refractivity contribution >= 4 is 0 Å². The summed E-state index contributed by atoms with van der Waals surface area (Å²) < 4.78 is 7.80. The minimum atomic E-state index is 0.149. The van der Waals surface area contributed by atoms with Crippen molar-refractivity contribution < 1.29 is 9.64 Å². The van der Waals surface area contributed by atoms with E-state index >= 15 is 0 Å². The van der Waals surface area contributed by atoms with Gasteiger partial charge in [0.1, 0.15) is 5.75 Å². The van der Waals surface area contributed by atoms with Crippen molar-refractivity contribution in [3.8, 4) is 5.75 Å². The van der Waals surface area contributed by atoms with E-state index in [9.17, 15) is 0 Å². The van der Waals surface area contributed by atoms with Gasteiger partial charge in [0.15, 0.2) is 6.04 Å². The molecule has 1 aromatic carbocycles. The number of quaternary nitrogens is 1. The van der Waals surface area contributed by atoms with Crippen LogP contribution in [-0.2, 0) is 0 Å². The lowest BCUT2D eigenvalue weighted by molar-refractivity contribution is -0.914. The first kappa shape index (κ1) is 16.5. The third-order valence-corrected chi connectivity index (χ3v) is 5.80. The zero-order valence-electron chi connectivity index (χ0n) is 15.0. The van der Waals surface area contributed by atoms with Crippen molar-refractivity contribution in [3.05, 3.63) is 35.7 Å². The molecule has 0 spiro atoms. The lowest BCUT2D eigenvalue weighted by Crippen LogP contribution is -3.10. The molecule has 1 atom stereocenters. The van der Waals surface area contributed by atoms with Gasteiger partial charge in [-0.1, -0.05) is 31.4 Å². The Bertz CT molecular complexity index is 689. The molecule has 0 unspecified atom stereocenters. The van der Waals surface area contributed by atoms with Gasteiger partial charge in [-0.05, 0) is 35.4 Å². The number of hydrogen-bond acceptors (Lipinski definition) is 4. The van der Waals surface area contributed by atoms with E-state index in [4.69, 9.17) is 4.74 Å². The third kappa shape index (κ3) is 3.27. The van der Waals surface area contributed by atoms with E-state index < -0.39 is 0 Å². The second-order valence-electron chi connectivity index (χ2n) is 7.31. The first-order chi connectivity index (χ1) is 12.4. The molecule has 6 nitrogen and oxygen atoms in total. The molecule has 0 bridgehead atoms. The van der Waals surface area contributed by atoms with Crippen LogP contribution in [-0.4, -0.2) is 40.4 Å². The highest BCUT2D eigenvalue weighted by Gasteiger charge is 2.36. The van der Waals surface area contributed by atoms with Gasteiger partial charge in [0.05, 0.1) is 31.8 Å². The number of rotatable bonds is 5. The number of tetrazole rings is 1. The van der Waals surface area contributed by atoms with Crippen LogP contribution in [0.2, 0.25) is 0 Å². The van der Waals surface area contributed by atoms with Gasteiger partial charge in [-0.2, -0.15) is 0 Å². The van der Waals surface area contributed by atoms with Crippen LogP contribution >= 0.6 is 0 Å². The first-order valence-electron chi connectivity index (χ1n) is 9.63. The molecule has 0 radical (unpaired) electrons. The van der Waals surface area contributed by atoms with Crippen molar-refractivity contribution in [2.24, 2.45) is 0 Å². The van der Waals surface area contributed by atoms with Crippen molar-refractivity contribution in [2.75, 3.05) is 20.2 Å². The number of likely N-dealkylation sites (tertiary alicyclic amines) is 1. The number of nitrogens with one attached hydrogen (secondary N) is 1. The summed E-state index contributed by atoms with van der Waals surface area (Å²) in [5.74, 6) is 1.94. The van der Waals surface area contributed by atoms with E-state index in [2.05, 4.69) is 32.3 Å². The van der Waals surface area contributed by atoms with Gasteiger partial charge in [0, 0.05) is 12.8 Å². The van der Waals surface area contributed by atoms with Crippen LogP contribution in [0.1, 0.15) is 68.4 Å². The number of para-hydroxylation sites is 1. The van der Waals surface area contributed by atoms with Gasteiger partial charge in [-0.3, -0.25) is 0 Å². The second kappa shape index (κ2) is 7.52. The van der Waals surface area contributed by atoms with E-state index in [1.165, 1.54) is 63.6 Å². The fourth-order valence-corrected chi connectivity index (χ4v) is 4.54. The summed E-state index contributed by atoms with van der Waals surface area (Å²) in [6.45, 7) is 2.33. The van der Waals surface area contributed by atoms with Crippen LogP contribution in [0.5, 0.6) is 5.75 Å². The smallest absolute Gasteiger partial charge is 0.214 e. The zero-order valence-corrected chi connectivity index (χ0v) is 15.0. The topological polar surface area (TPSA) is 57.3 Å². The quantitative estimate of drug-likeness (QED) is 0.902. The summed E-state index contributed by atoms with van der Waals surface area (Å²) >= 11 is 0. The van der Waals surface area contributed by atoms with Crippen molar-refractivity contribution in [2.45, 2.75) is 57.0 Å². The third-order valence-electron chi connectivity index (χ3n) is 5.80. The summed E-state index contributed by atoms with van der Waals surface area (Å²) in [6, 6.07) is 8.94. The Morgan fingerprint density at radius 3 is 2.60 bits per heavy atom. The Kier molecular flexibility index (Phi) is 4.97. The van der Waals surface area contributed by atoms with Gasteiger partial charge in [0.25, 0.3) is 0 Å². The maximum Gasteiger partial charge on any atom is 0.214 e. The van der Waals surface area contributed by atoms with E-state index in [1.54, 1.807) is 12.0 Å². The molecule has 2 heterocycles. The van der Waals surface area contributed by atoms with Gasteiger partial charge in [-0.15, -0.1) is 5.10 Å². The number of nitrogens with zero attached hydrogens (tertiary/aromatic N) is 4. The molecule has 134 valence electrons. The molecule has 6 heteroatoms. The molecule has 1 aliphatic heterocycles. The number of ether oxygens (including phenoxy) is 1. The second-order valence-corrected chi connectivity index (χ2v) is 7.31. The van der Waals surface area contributed by atoms with E-state index in [-0.39, 0.29) is 6.04 Å². The molecular formula is C19H28N5O+. The molecule has 1 aromatic heterocycles. The summed E-state index contributed by atoms with van der Waals surface area (Å²) in [4.78, 5) is 1.55. The Balaban J connectivity index is 1.75. The van der Waals surface area contributed by atoms with Gasteiger partial charge in [0.2, 0.25) is 5.82 Å². The molecule has 2 aliphatic rings. The Morgan fingerprint density at radius 1 is 1.08 bits per heavy atom. The van der Waals surface area contributed by atoms with Gasteiger partial charge < -0.3 is 9.64 Å². The molecule has 25 heavy (non-hydrogen) atoms. The maximum absolute atomic E-state index is 5.68. The van der Waals surface area contributed by atoms with Crippen molar-refractivity contribution in [1.82, 2.24) is 20.2 Å². The summed E-state index contributed by atoms with van der Waals surface area (Å²) in [5, 5.41) is 13.0. The summed E-state index contributed by atoms with van der Waals surface area (Å²) in [6.07, 6.45) is 8.80. The number of hydrogen-bond donors (Lipinski definition) is 1. The van der Waals surface area contributed by atoms with Crippen LogP contribution in [0.25, 0.3) is 0 Å². The van der Waals surface area contributed by atoms with Crippen molar-refractivity contribution in [1.29, 1.82) is 0 Å². The molecule has 4 rings (SSSR count). The monoisotopic (exact) mass is 342 g/mol. The van der Waals surface area contributed by atoms with E-state index in [0.29, 0.717) is 6.04 Å². The molecule has 2 aromatic rings. The lowest BCUT2D eigenvalue weighted by Gasteiger charge is -2.28. The van der Waals surface area contributed by atoms with Gasteiger partial charge >= 0.3 is 0 Å². The molecular weight excluding hydrogens is 314 g/mol. The predicted octanol–water partition coefficient (Wildman–Crippen LogP) is 1.95. The predicted molar refractivity (Wildman–Crippen MR) is 94.7 cm³/mol. The van der Waals surface area contributed by atoms with E-state index in [1.807, 2.05) is 12.1 Å². The number of methoxy groups -OCH3 is 1. The summed E-state index contributed by atoms with van der Waals surface area (Å²) in [5.41, 5.74) is 1.20. The Hall–Kier alpha value is -1.95. The molecule has 1 saturated carbocycles. The lowest BCUT2D eigenvalue weighted by atomic mass is 9.95. The fraction of sp³-hybridized carbons (Fsp3) is 0.632. The molecule has 1 aliphatic carbocycles. The largest absolute Gasteiger partial charge is 0.496 e. The molecule has 0 amide bonds. The Morgan fingerprint density at radius 2 is 1.84 bits per heavy atom. The molecule has 1 N–H and O–H groups in total. The highest BCUT2D eigenvalue weighted by atomic mass is 16.5. The van der Waals surface area contributed by atoms with E-state index in [0.717, 1.165) is 11.6 Å². The fourth-order valence-electron chi connectivity index (χ4n) is 4.54. The van der Waals surface area contributed by atoms with Crippen LogP contribution in [0.15, 0.2) is 24.3 Å². The average molecular weight is 342 g/mol. The van der Waals surface area contributed by atoms with Crippen LogP contribution in [0.4, 0.5) is 0 Å². The van der Waals surface area contributed by atoms with Crippen LogP contribution in [0, 0.1) is 0 Å². The Labute approximate surface area is 149 Å². The minimum Gasteiger partial charge on any atom is -0.496 e. The standard InChI is InChI=1S/C19H27N5O/c1-25-17-12-6-5-11-16(17)18(23-13-7-8-14-23)19-20-21-22-24(19)15-9-3-2-4-10-15/h5-6,11-12,15,18H,2-4,7-10,13-14H2,1H3/p+1/t18-/m0/s1. The van der Waals surface area contributed by atoms with Crippen molar-refractivity contribution in [3.63, 3.8) is 0 Å². The zero-order chi connectivity index (χ0) is 17.1. The normalized spacial score (nSPS) is 20.7. The highest BCUT2D eigenvalue weighted by Crippen LogP contribution is 2.32. The maximum atomic E-state index is 5.68. The SMILES string of the molecule is COc1ccccc1[C@@H](c1nnnn1C1CCCCC1)[NH+]1CCCC1. The molecule has 1 saturated heterocycles. The highest BCUT2D eigenvalue weighted by molar-refractivity contribution is 5.37. The number of aromatic nitrogens is 4. The summed E-state index contributed by atoms with van der Waals surface area (Å²) in [7, 11) is 1.75. The average Bonchev–Trinajstić information content (AvgIpc) is 3.36. The molecule has 2 fully saturated rings. The number of benzene rings is 1. The van der Waals surface area contributed by atoms with Gasteiger partial charge in [-0.25, -0.2) is 4.68 Å². The van der Waals surface area contributed by atoms with Crippen LogP contribution < -0.4 is 9.64 Å². The van der Waals surface area contributed by atoms with Crippen LogP contribution in [0.3, 0.4) is 0 Å². The minimum absolute atomic E-state index is 0.149. The first-order valence-corrected chi connectivity index (χ1v) is 9.63.